The van der Waals surface area contributed by atoms with E-state index in [0.29, 0.717) is 4.48 Å². The summed E-state index contributed by atoms with van der Waals surface area (Å²) >= 11 is 0. The summed E-state index contributed by atoms with van der Waals surface area (Å²) in [6, 6.07) is 0. The number of amides is 1. The lowest BCUT2D eigenvalue weighted by atomic mass is 10.4. The first-order chi connectivity index (χ1) is 4.83. The summed E-state index contributed by atoms with van der Waals surface area (Å²) in [5, 5.41) is 0. The van der Waals surface area contributed by atoms with Crippen molar-refractivity contribution >= 4 is 6.41 Å². The van der Waals surface area contributed by atoms with Gasteiger partial charge in [-0.25, -0.2) is 9.28 Å². The normalized spacial score (nSPS) is 22.9. The van der Waals surface area contributed by atoms with Crippen molar-refractivity contribution in [1.82, 2.24) is 0 Å². The Labute approximate surface area is 62.4 Å². The van der Waals surface area contributed by atoms with Crippen LogP contribution in [0.2, 0.25) is 0 Å². The smallest absolute Gasteiger partial charge is 0.248 e. The third-order valence-electron chi connectivity index (χ3n) is 2.27. The lowest BCUT2D eigenvalue weighted by Gasteiger charge is -2.23. The number of likely N-dealkylation sites (tertiary alicyclic amines) is 1. The molecule has 0 aromatic carbocycles. The number of nitrogens with zero attached hydrogens (tertiary/aromatic N) is 1. The molecule has 1 aliphatic rings. The van der Waals surface area contributed by atoms with Gasteiger partial charge in [0.2, 0.25) is 0 Å². The van der Waals surface area contributed by atoms with Gasteiger partial charge in [0, 0.05) is 12.8 Å². The molecule has 57 valence electrons. The fraction of sp³-hybridized carbons (Fsp3) is 0.875. The van der Waals surface area contributed by atoms with E-state index in [1.807, 2.05) is 0 Å². The van der Waals surface area contributed by atoms with Crippen LogP contribution in [0.5, 0.6) is 0 Å². The Bertz CT molecular complexity index is 116. The standard InChI is InChI=1S/C8H15NO/c1-2-5-9(8-10)6-3-4-7-9/h2-7H2,1H3/q+1. The number of rotatable bonds is 3. The number of quaternary nitrogens is 1. The maximum absolute atomic E-state index is 10.6. The number of hydrogen-bond donors (Lipinski definition) is 0. The zero-order valence-corrected chi connectivity index (χ0v) is 6.60. The van der Waals surface area contributed by atoms with E-state index in [1.54, 1.807) is 0 Å². The molecule has 10 heavy (non-hydrogen) atoms. The van der Waals surface area contributed by atoms with E-state index in [9.17, 15) is 4.79 Å². The molecule has 1 aliphatic heterocycles. The first-order valence-electron chi connectivity index (χ1n) is 4.08. The van der Waals surface area contributed by atoms with Gasteiger partial charge in [0.15, 0.2) is 0 Å². The maximum atomic E-state index is 10.6. The van der Waals surface area contributed by atoms with Gasteiger partial charge >= 0.3 is 6.41 Å². The third-order valence-corrected chi connectivity index (χ3v) is 2.27. The summed E-state index contributed by atoms with van der Waals surface area (Å²) in [6.45, 7) is 5.16. The number of carbonyl (C=O) groups excluding carboxylic acids is 1. The van der Waals surface area contributed by atoms with E-state index in [0.717, 1.165) is 26.1 Å². The third kappa shape index (κ3) is 1.37. The molecule has 2 heteroatoms. The summed E-state index contributed by atoms with van der Waals surface area (Å²) in [7, 11) is 0. The minimum absolute atomic E-state index is 0.608. The predicted molar refractivity (Wildman–Crippen MR) is 40.1 cm³/mol. The van der Waals surface area contributed by atoms with Crippen LogP contribution in [-0.2, 0) is 4.79 Å². The van der Waals surface area contributed by atoms with Crippen LogP contribution in [-0.4, -0.2) is 30.5 Å². The van der Waals surface area contributed by atoms with Gasteiger partial charge in [-0.2, -0.15) is 0 Å². The summed E-state index contributed by atoms with van der Waals surface area (Å²) in [5.74, 6) is 0. The molecule has 0 unspecified atom stereocenters. The van der Waals surface area contributed by atoms with Crippen LogP contribution in [0.3, 0.4) is 0 Å². The van der Waals surface area contributed by atoms with Crippen molar-refractivity contribution in [1.29, 1.82) is 0 Å². The van der Waals surface area contributed by atoms with Crippen molar-refractivity contribution in [3.05, 3.63) is 0 Å². The van der Waals surface area contributed by atoms with Gasteiger partial charge in [-0.15, -0.1) is 0 Å². The molecule has 0 aromatic heterocycles. The second-order valence-corrected chi connectivity index (χ2v) is 3.11. The maximum Gasteiger partial charge on any atom is 0.442 e. The quantitative estimate of drug-likeness (QED) is 0.537. The van der Waals surface area contributed by atoms with Crippen molar-refractivity contribution in [2.45, 2.75) is 26.2 Å². The van der Waals surface area contributed by atoms with Gasteiger partial charge < -0.3 is 0 Å². The van der Waals surface area contributed by atoms with E-state index in [1.165, 1.54) is 12.8 Å². The second kappa shape index (κ2) is 3.15. The van der Waals surface area contributed by atoms with Crippen LogP contribution in [0.4, 0.5) is 0 Å². The highest BCUT2D eigenvalue weighted by atomic mass is 16.1. The Morgan fingerprint density at radius 2 is 2.00 bits per heavy atom. The van der Waals surface area contributed by atoms with Gasteiger partial charge in [-0.1, -0.05) is 6.92 Å². The molecule has 1 heterocycles. The van der Waals surface area contributed by atoms with Crippen LogP contribution in [0.15, 0.2) is 0 Å². The molecule has 0 N–H and O–H groups in total. The summed E-state index contributed by atoms with van der Waals surface area (Å²) in [4.78, 5) is 10.6. The molecule has 0 bridgehead atoms. The molecular weight excluding hydrogens is 126 g/mol. The molecule has 2 nitrogen and oxygen atoms in total. The summed E-state index contributed by atoms with van der Waals surface area (Å²) in [6.07, 6.45) is 5.67. The largest absolute Gasteiger partial charge is 0.442 e. The van der Waals surface area contributed by atoms with Gasteiger partial charge in [0.1, 0.15) is 0 Å². The van der Waals surface area contributed by atoms with Crippen LogP contribution in [0, 0.1) is 0 Å². The monoisotopic (exact) mass is 141 g/mol. The summed E-state index contributed by atoms with van der Waals surface area (Å²) < 4.78 is 0.608. The molecule has 0 atom stereocenters. The number of hydrogen-bond acceptors (Lipinski definition) is 1. The van der Waals surface area contributed by atoms with E-state index in [2.05, 4.69) is 13.3 Å². The fourth-order valence-corrected chi connectivity index (χ4v) is 1.73. The van der Waals surface area contributed by atoms with Crippen LogP contribution in [0.25, 0.3) is 0 Å². The SMILES string of the molecule is CCC[N+]1([C]=O)CCCC1. The minimum atomic E-state index is 0.608. The topological polar surface area (TPSA) is 17.1 Å². The van der Waals surface area contributed by atoms with E-state index in [4.69, 9.17) is 0 Å². The first-order valence-corrected chi connectivity index (χ1v) is 4.08. The fourth-order valence-electron chi connectivity index (χ4n) is 1.73. The second-order valence-electron chi connectivity index (χ2n) is 3.11. The van der Waals surface area contributed by atoms with Crippen molar-refractivity contribution < 1.29 is 9.28 Å². The lowest BCUT2D eigenvalue weighted by Crippen LogP contribution is -2.44. The lowest BCUT2D eigenvalue weighted by molar-refractivity contribution is -0.826. The highest BCUT2D eigenvalue weighted by molar-refractivity contribution is 5.38. The van der Waals surface area contributed by atoms with E-state index >= 15 is 0 Å². The molecule has 0 aromatic rings. The van der Waals surface area contributed by atoms with Crippen LogP contribution in [0.1, 0.15) is 26.2 Å². The van der Waals surface area contributed by atoms with E-state index < -0.39 is 0 Å². The van der Waals surface area contributed by atoms with Gasteiger partial charge in [-0.05, 0) is 6.42 Å². The Balaban J connectivity index is 2.49. The average molecular weight is 141 g/mol. The summed E-state index contributed by atoms with van der Waals surface area (Å²) in [5.41, 5.74) is 0. The highest BCUT2D eigenvalue weighted by Gasteiger charge is 2.32. The van der Waals surface area contributed by atoms with Gasteiger partial charge in [-0.3, -0.25) is 0 Å². The van der Waals surface area contributed by atoms with Crippen molar-refractivity contribution in [2.24, 2.45) is 0 Å². The van der Waals surface area contributed by atoms with Gasteiger partial charge in [0.05, 0.1) is 19.6 Å². The van der Waals surface area contributed by atoms with E-state index in [-0.39, 0.29) is 0 Å². The molecule has 1 rings (SSSR count). The molecule has 1 saturated heterocycles. The Morgan fingerprint density at radius 3 is 2.40 bits per heavy atom. The molecule has 1 radical (unpaired) electrons. The van der Waals surface area contributed by atoms with Crippen LogP contribution < -0.4 is 0 Å². The Morgan fingerprint density at radius 1 is 1.40 bits per heavy atom. The predicted octanol–water partition coefficient (Wildman–Crippen LogP) is 1.07. The van der Waals surface area contributed by atoms with Crippen molar-refractivity contribution in [2.75, 3.05) is 19.6 Å². The van der Waals surface area contributed by atoms with Gasteiger partial charge in [0.25, 0.3) is 0 Å². The van der Waals surface area contributed by atoms with Crippen molar-refractivity contribution in [3.63, 3.8) is 0 Å². The Kier molecular flexibility index (Phi) is 2.44. The molecule has 1 fully saturated rings. The average Bonchev–Trinajstić information content (AvgIpc) is 2.39. The minimum Gasteiger partial charge on any atom is -0.248 e. The first kappa shape index (κ1) is 7.73. The van der Waals surface area contributed by atoms with Crippen molar-refractivity contribution in [3.8, 4) is 0 Å². The molecule has 0 spiro atoms. The molecule has 1 amide bonds. The molecular formula is C8H15NO+. The highest BCUT2D eigenvalue weighted by Crippen LogP contribution is 2.16. The molecule has 0 saturated carbocycles. The Hall–Kier alpha value is -0.370. The van der Waals surface area contributed by atoms with Crippen LogP contribution >= 0.6 is 0 Å². The zero-order chi connectivity index (χ0) is 7.45. The molecule has 0 aliphatic carbocycles. The zero-order valence-electron chi connectivity index (χ0n) is 6.60.